The second kappa shape index (κ2) is 14.3. The van der Waals surface area contributed by atoms with Gasteiger partial charge < -0.3 is 39.1 Å². The molecule has 2 amide bonds. The molecule has 2 N–H and O–H groups in total. The monoisotopic (exact) mass is 588 g/mol. The fourth-order valence-electron chi connectivity index (χ4n) is 3.40. The van der Waals surface area contributed by atoms with Crippen molar-refractivity contribution in [3.63, 3.8) is 0 Å². The lowest BCUT2D eigenvalue weighted by atomic mass is 9.93. The van der Waals surface area contributed by atoms with E-state index in [0.717, 1.165) is 0 Å². The van der Waals surface area contributed by atoms with Crippen molar-refractivity contribution in [2.24, 2.45) is 0 Å². The molecule has 40 heavy (non-hydrogen) atoms. The molecule has 1 aromatic rings. The maximum absolute atomic E-state index is 13.4. The van der Waals surface area contributed by atoms with Crippen molar-refractivity contribution in [1.82, 2.24) is 10.6 Å². The number of alkyl carbamates (subject to hydrolysis) is 1. The van der Waals surface area contributed by atoms with Crippen LogP contribution in [0.5, 0.6) is 17.2 Å². The normalized spacial score (nSPS) is 13.7. The number of carbonyl (C=O) groups excluding carboxylic acids is 4. The average molecular weight is 589 g/mol. The van der Waals surface area contributed by atoms with E-state index in [1.807, 2.05) is 0 Å². The lowest BCUT2D eigenvalue weighted by Gasteiger charge is -2.34. The van der Waals surface area contributed by atoms with Gasteiger partial charge in [-0.3, -0.25) is 9.59 Å². The van der Waals surface area contributed by atoms with Gasteiger partial charge in [0.1, 0.15) is 39.9 Å². The number of benzene rings is 1. The highest BCUT2D eigenvalue weighted by molar-refractivity contribution is 6.26. The molecule has 0 fully saturated rings. The predicted molar refractivity (Wildman–Crippen MR) is 147 cm³/mol. The highest BCUT2D eigenvalue weighted by atomic mass is 35.5. The Hall–Kier alpha value is -3.41. The van der Waals surface area contributed by atoms with Gasteiger partial charge in [-0.25, -0.2) is 9.59 Å². The fraction of sp³-hybridized carbons (Fsp3) is 0.630. The molecule has 0 spiro atoms. The van der Waals surface area contributed by atoms with Gasteiger partial charge >= 0.3 is 18.0 Å². The number of nitrogens with one attached hydrogen (secondary N) is 2. The van der Waals surface area contributed by atoms with E-state index in [1.54, 1.807) is 53.7 Å². The molecule has 226 valence electrons. The minimum Gasteiger partial charge on any atom is -0.496 e. The second-order valence-corrected chi connectivity index (χ2v) is 11.3. The van der Waals surface area contributed by atoms with Gasteiger partial charge in [0.25, 0.3) is 5.91 Å². The van der Waals surface area contributed by atoms with Gasteiger partial charge in [0.05, 0.1) is 33.4 Å². The largest absolute Gasteiger partial charge is 0.496 e. The molecular weight excluding hydrogens is 548 g/mol. The van der Waals surface area contributed by atoms with Gasteiger partial charge in [-0.2, -0.15) is 0 Å². The molecule has 0 aliphatic rings. The number of methoxy groups -OCH3 is 3. The molecule has 0 saturated heterocycles. The second-order valence-electron chi connectivity index (χ2n) is 11.0. The smallest absolute Gasteiger partial charge is 0.408 e. The van der Waals surface area contributed by atoms with E-state index in [4.69, 9.17) is 40.0 Å². The fourth-order valence-corrected chi connectivity index (χ4v) is 3.46. The number of alkyl halides is 1. The van der Waals surface area contributed by atoms with Gasteiger partial charge in [-0.15, -0.1) is 11.6 Å². The highest BCUT2D eigenvalue weighted by Crippen LogP contribution is 2.34. The number of amides is 2. The predicted octanol–water partition coefficient (Wildman–Crippen LogP) is 3.49. The molecule has 0 saturated carbocycles. The number of hydrogen-bond donors (Lipinski definition) is 2. The quantitative estimate of drug-likeness (QED) is 0.211. The van der Waals surface area contributed by atoms with Crippen LogP contribution in [0, 0.1) is 0 Å². The van der Waals surface area contributed by atoms with E-state index in [0.29, 0.717) is 22.8 Å². The van der Waals surface area contributed by atoms with E-state index >= 15 is 0 Å². The number of hydrogen-bond acceptors (Lipinski definition) is 10. The summed E-state index contributed by atoms with van der Waals surface area (Å²) < 4.78 is 32.2. The van der Waals surface area contributed by atoms with Gasteiger partial charge in [0.15, 0.2) is 6.10 Å². The summed E-state index contributed by atoms with van der Waals surface area (Å²) in [4.78, 5) is 51.4. The third kappa shape index (κ3) is 11.0. The first kappa shape index (κ1) is 34.6. The lowest BCUT2D eigenvalue weighted by Crippen LogP contribution is -2.58. The lowest BCUT2D eigenvalue weighted by molar-refractivity contribution is -0.167. The summed E-state index contributed by atoms with van der Waals surface area (Å²) in [6.45, 7) is 11.1. The summed E-state index contributed by atoms with van der Waals surface area (Å²) in [6.07, 6.45) is -2.99. The van der Waals surface area contributed by atoms with Crippen LogP contribution in [0.2, 0.25) is 0 Å². The van der Waals surface area contributed by atoms with Crippen molar-refractivity contribution in [2.45, 2.75) is 84.3 Å². The Morgan fingerprint density at radius 2 is 1.38 bits per heavy atom. The Kier molecular flexibility index (Phi) is 12.4. The molecule has 0 aliphatic carbocycles. The molecule has 0 bridgehead atoms. The molecule has 12 nitrogen and oxygen atoms in total. The highest BCUT2D eigenvalue weighted by Gasteiger charge is 2.44. The molecule has 0 aromatic heterocycles. The molecule has 1 unspecified atom stereocenters. The van der Waals surface area contributed by atoms with Crippen LogP contribution < -0.4 is 24.8 Å². The van der Waals surface area contributed by atoms with Crippen molar-refractivity contribution in [2.75, 3.05) is 27.2 Å². The minimum atomic E-state index is -1.85. The number of esters is 2. The first-order valence-electron chi connectivity index (χ1n) is 12.4. The summed E-state index contributed by atoms with van der Waals surface area (Å²) in [7, 11) is 4.37. The minimum absolute atomic E-state index is 0.104. The van der Waals surface area contributed by atoms with Crippen molar-refractivity contribution in [3.05, 3.63) is 17.7 Å². The Morgan fingerprint density at radius 3 is 1.80 bits per heavy atom. The zero-order valence-electron chi connectivity index (χ0n) is 24.8. The summed E-state index contributed by atoms with van der Waals surface area (Å²) in [5.74, 6) is -1.90. The first-order chi connectivity index (χ1) is 18.4. The van der Waals surface area contributed by atoms with E-state index in [9.17, 15) is 19.2 Å². The standard InChI is InChI=1S/C27H41ClN2O10/c1-25(2,3)39-23(33)27(7,30-24(34)40-26(4,5)6)13-20(38-21(31)14-28)22(32)29-15-17-18(36-9)11-16(35-8)12-19(17)37-10/h11-12,20H,13-15H2,1-10H3,(H,29,32)(H,30,34)/t20?,27-/m1/s1. The molecule has 13 heteroatoms. The Morgan fingerprint density at radius 1 is 0.850 bits per heavy atom. The van der Waals surface area contributed by atoms with E-state index in [1.165, 1.54) is 28.3 Å². The number of ether oxygens (including phenoxy) is 6. The summed E-state index contributed by atoms with van der Waals surface area (Å²) >= 11 is 5.63. The zero-order valence-corrected chi connectivity index (χ0v) is 25.6. The van der Waals surface area contributed by atoms with Gasteiger partial charge in [0.2, 0.25) is 0 Å². The SMILES string of the molecule is COc1cc(OC)c(CNC(=O)C(C[C@@](C)(NC(=O)OC(C)(C)C)C(=O)OC(C)(C)C)OC(=O)CCl)c(OC)c1. The zero-order chi connectivity index (χ0) is 30.9. The van der Waals surface area contributed by atoms with Crippen LogP contribution in [0.25, 0.3) is 0 Å². The molecule has 2 atom stereocenters. The Bertz CT molecular complexity index is 1040. The van der Waals surface area contributed by atoms with Crippen LogP contribution in [0.1, 0.15) is 60.5 Å². The Labute approximate surface area is 240 Å². The van der Waals surface area contributed by atoms with Crippen LogP contribution in [-0.4, -0.2) is 74.0 Å². The Balaban J connectivity index is 3.37. The van der Waals surface area contributed by atoms with E-state index in [2.05, 4.69) is 10.6 Å². The molecule has 1 rings (SSSR count). The van der Waals surface area contributed by atoms with Gasteiger partial charge in [0, 0.05) is 18.6 Å². The van der Waals surface area contributed by atoms with Gasteiger partial charge in [-0.1, -0.05) is 0 Å². The van der Waals surface area contributed by atoms with Crippen LogP contribution in [-0.2, 0) is 35.1 Å². The molecular formula is C27H41ClN2O10. The van der Waals surface area contributed by atoms with Crippen molar-refractivity contribution in [3.8, 4) is 17.2 Å². The molecule has 0 heterocycles. The first-order valence-corrected chi connectivity index (χ1v) is 13.0. The van der Waals surface area contributed by atoms with Gasteiger partial charge in [-0.05, 0) is 48.5 Å². The van der Waals surface area contributed by atoms with E-state index in [-0.39, 0.29) is 6.54 Å². The summed E-state index contributed by atoms with van der Waals surface area (Å²) in [5, 5.41) is 5.14. The van der Waals surface area contributed by atoms with Crippen LogP contribution in [0.4, 0.5) is 4.79 Å². The number of halogens is 1. The third-order valence-electron chi connectivity index (χ3n) is 5.15. The maximum Gasteiger partial charge on any atom is 0.408 e. The van der Waals surface area contributed by atoms with Crippen molar-refractivity contribution in [1.29, 1.82) is 0 Å². The summed E-state index contributed by atoms with van der Waals surface area (Å²) in [6, 6.07) is 3.22. The van der Waals surface area contributed by atoms with Crippen molar-refractivity contribution < 1.29 is 47.6 Å². The molecule has 0 radical (unpaired) electrons. The third-order valence-corrected chi connectivity index (χ3v) is 5.37. The van der Waals surface area contributed by atoms with Crippen LogP contribution >= 0.6 is 11.6 Å². The number of carbonyl (C=O) groups is 4. The number of rotatable bonds is 12. The molecule has 1 aromatic carbocycles. The van der Waals surface area contributed by atoms with E-state index < -0.39 is 59.1 Å². The summed E-state index contributed by atoms with van der Waals surface area (Å²) in [5.41, 5.74) is -3.18. The van der Waals surface area contributed by atoms with Crippen LogP contribution in [0.3, 0.4) is 0 Å². The average Bonchev–Trinajstić information content (AvgIpc) is 2.83. The maximum atomic E-state index is 13.4. The molecule has 0 aliphatic heterocycles. The topological polar surface area (TPSA) is 148 Å². The van der Waals surface area contributed by atoms with Crippen LogP contribution in [0.15, 0.2) is 12.1 Å². The van der Waals surface area contributed by atoms with Crippen molar-refractivity contribution >= 4 is 35.5 Å².